The molecule has 1 aromatic carbocycles. The molecule has 1 saturated heterocycles. The molecule has 0 bridgehead atoms. The maximum atomic E-state index is 11.4. The fourth-order valence-electron chi connectivity index (χ4n) is 4.01. The average molecular weight is 354 g/mol. The van der Waals surface area contributed by atoms with Gasteiger partial charge in [0.15, 0.2) is 0 Å². The molecule has 0 aliphatic carbocycles. The van der Waals surface area contributed by atoms with Crippen LogP contribution in [-0.4, -0.2) is 36.6 Å². The molecule has 5 heteroatoms. The van der Waals surface area contributed by atoms with E-state index in [2.05, 4.69) is 35.2 Å². The molecule has 1 unspecified atom stereocenters. The van der Waals surface area contributed by atoms with Crippen LogP contribution in [0.25, 0.3) is 0 Å². The van der Waals surface area contributed by atoms with Crippen molar-refractivity contribution < 1.29 is 9.53 Å². The van der Waals surface area contributed by atoms with Gasteiger partial charge in [0, 0.05) is 42.0 Å². The largest absolute Gasteiger partial charge is 0.359 e. The summed E-state index contributed by atoms with van der Waals surface area (Å²) in [5, 5.41) is 7.55. The average Bonchev–Trinajstić information content (AvgIpc) is 3.09. The van der Waals surface area contributed by atoms with Crippen molar-refractivity contribution in [2.45, 2.75) is 37.5 Å². The van der Waals surface area contributed by atoms with Crippen LogP contribution in [0.3, 0.4) is 0 Å². The second-order valence-corrected chi connectivity index (χ2v) is 8.05. The number of fused-ring (bicyclic) bond motifs is 2. The summed E-state index contributed by atoms with van der Waals surface area (Å²) in [5.41, 5.74) is 2.19. The minimum atomic E-state index is -0.357. The van der Waals surface area contributed by atoms with E-state index >= 15 is 0 Å². The third-order valence-electron chi connectivity index (χ3n) is 5.29. The highest BCUT2D eigenvalue weighted by atomic mass is 32.1. The molecule has 1 aromatic heterocycles. The Balaban J connectivity index is 1.54. The van der Waals surface area contributed by atoms with Crippen LogP contribution in [-0.2, 0) is 28.1 Å². The number of hydrogen-bond donors (Lipinski definition) is 1. The number of benzene rings is 1. The summed E-state index contributed by atoms with van der Waals surface area (Å²) >= 11 is 1.63. The standard InChI is InChI=1S/C20H22N2O2S/c21-12-17-11-18-19(25-17)10-16(14-23)24-20(18)6-8-22(9-7-20)13-15-4-2-1-3-5-15/h1-5,11-12,14,16,21H,6-10,13H2. The summed E-state index contributed by atoms with van der Waals surface area (Å²) in [4.78, 5) is 16.0. The van der Waals surface area contributed by atoms with Crippen LogP contribution in [0.5, 0.6) is 0 Å². The van der Waals surface area contributed by atoms with Crippen LogP contribution >= 0.6 is 11.3 Å². The number of aldehydes is 1. The first-order valence-electron chi connectivity index (χ1n) is 8.75. The van der Waals surface area contributed by atoms with Gasteiger partial charge in [0.25, 0.3) is 0 Å². The molecule has 3 heterocycles. The summed E-state index contributed by atoms with van der Waals surface area (Å²) in [5.74, 6) is 0. The number of thiophene rings is 1. The number of hydrogen-bond acceptors (Lipinski definition) is 5. The maximum absolute atomic E-state index is 11.4. The molecule has 0 amide bonds. The highest BCUT2D eigenvalue weighted by molar-refractivity contribution is 7.13. The molecule has 0 radical (unpaired) electrons. The maximum Gasteiger partial charge on any atom is 0.149 e. The van der Waals surface area contributed by atoms with Gasteiger partial charge < -0.3 is 14.9 Å². The first kappa shape index (κ1) is 16.6. The topological polar surface area (TPSA) is 53.4 Å². The van der Waals surface area contributed by atoms with Gasteiger partial charge in [0.1, 0.15) is 12.4 Å². The zero-order valence-corrected chi connectivity index (χ0v) is 14.9. The molecule has 2 aromatic rings. The lowest BCUT2D eigenvalue weighted by Crippen LogP contribution is -2.48. The molecular formula is C20H22N2O2S. The third-order valence-corrected chi connectivity index (χ3v) is 6.39. The Morgan fingerprint density at radius 3 is 2.72 bits per heavy atom. The van der Waals surface area contributed by atoms with Crippen LogP contribution < -0.4 is 0 Å². The Bertz CT molecular complexity index is 763. The van der Waals surface area contributed by atoms with Gasteiger partial charge in [-0.15, -0.1) is 11.3 Å². The normalized spacial score (nSPS) is 22.5. The van der Waals surface area contributed by atoms with E-state index in [9.17, 15) is 4.79 Å². The van der Waals surface area contributed by atoms with E-state index in [1.165, 1.54) is 22.2 Å². The summed E-state index contributed by atoms with van der Waals surface area (Å²) in [6.07, 6.45) is 4.41. The van der Waals surface area contributed by atoms with Gasteiger partial charge in [0.05, 0.1) is 5.60 Å². The second kappa shape index (κ2) is 6.83. The second-order valence-electron chi connectivity index (χ2n) is 6.88. The highest BCUT2D eigenvalue weighted by Crippen LogP contribution is 2.46. The van der Waals surface area contributed by atoms with Crippen LogP contribution in [0.2, 0.25) is 0 Å². The van der Waals surface area contributed by atoms with Gasteiger partial charge in [-0.1, -0.05) is 30.3 Å². The summed E-state index contributed by atoms with van der Waals surface area (Å²) < 4.78 is 6.28. The van der Waals surface area contributed by atoms with Crippen molar-refractivity contribution in [1.29, 1.82) is 5.41 Å². The van der Waals surface area contributed by atoms with Crippen LogP contribution in [0.1, 0.15) is 33.7 Å². The lowest BCUT2D eigenvalue weighted by atomic mass is 9.81. The van der Waals surface area contributed by atoms with Crippen molar-refractivity contribution in [3.05, 3.63) is 57.3 Å². The van der Waals surface area contributed by atoms with Crippen molar-refractivity contribution >= 4 is 23.8 Å². The molecular weight excluding hydrogens is 332 g/mol. The Labute approximate surface area is 151 Å². The zero-order valence-electron chi connectivity index (χ0n) is 14.1. The third kappa shape index (κ3) is 3.19. The first-order chi connectivity index (χ1) is 12.2. The molecule has 1 fully saturated rings. The summed E-state index contributed by atoms with van der Waals surface area (Å²) in [6.45, 7) is 2.86. The fourth-order valence-corrected chi connectivity index (χ4v) is 5.14. The Morgan fingerprint density at radius 1 is 1.28 bits per heavy atom. The van der Waals surface area contributed by atoms with E-state index in [-0.39, 0.29) is 11.7 Å². The van der Waals surface area contributed by atoms with Crippen molar-refractivity contribution in [1.82, 2.24) is 4.90 Å². The number of carbonyl (C=O) groups excluding carboxylic acids is 1. The van der Waals surface area contributed by atoms with Crippen LogP contribution in [0.15, 0.2) is 36.4 Å². The fraction of sp³-hybridized carbons (Fsp3) is 0.400. The lowest BCUT2D eigenvalue weighted by molar-refractivity contribution is -0.151. The Morgan fingerprint density at radius 2 is 2.04 bits per heavy atom. The van der Waals surface area contributed by atoms with Crippen molar-refractivity contribution in [2.75, 3.05) is 13.1 Å². The van der Waals surface area contributed by atoms with E-state index in [1.807, 2.05) is 6.07 Å². The number of piperidine rings is 1. The highest BCUT2D eigenvalue weighted by Gasteiger charge is 2.44. The quantitative estimate of drug-likeness (QED) is 0.676. The molecule has 2 aliphatic rings. The Hall–Kier alpha value is -1.82. The van der Waals surface area contributed by atoms with E-state index in [0.717, 1.165) is 43.6 Å². The number of nitrogens with zero attached hydrogens (tertiary/aromatic N) is 1. The number of likely N-dealkylation sites (tertiary alicyclic amines) is 1. The molecule has 130 valence electrons. The number of ether oxygens (including phenoxy) is 1. The zero-order chi connectivity index (χ0) is 17.3. The van der Waals surface area contributed by atoms with Gasteiger partial charge >= 0.3 is 0 Å². The van der Waals surface area contributed by atoms with Crippen molar-refractivity contribution in [3.63, 3.8) is 0 Å². The molecule has 25 heavy (non-hydrogen) atoms. The monoisotopic (exact) mass is 354 g/mol. The van der Waals surface area contributed by atoms with Gasteiger partial charge in [0.2, 0.25) is 0 Å². The van der Waals surface area contributed by atoms with E-state index in [0.29, 0.717) is 6.42 Å². The van der Waals surface area contributed by atoms with Gasteiger partial charge in [-0.3, -0.25) is 4.90 Å². The minimum absolute atomic E-state index is 0.356. The molecule has 1 N–H and O–H groups in total. The van der Waals surface area contributed by atoms with Crippen molar-refractivity contribution in [2.24, 2.45) is 0 Å². The van der Waals surface area contributed by atoms with Crippen molar-refractivity contribution in [3.8, 4) is 0 Å². The minimum Gasteiger partial charge on any atom is -0.359 e. The number of rotatable bonds is 4. The Kier molecular flexibility index (Phi) is 4.54. The van der Waals surface area contributed by atoms with Crippen LogP contribution in [0, 0.1) is 5.41 Å². The molecule has 1 atom stereocenters. The van der Waals surface area contributed by atoms with Gasteiger partial charge in [-0.05, 0) is 30.0 Å². The first-order valence-corrected chi connectivity index (χ1v) is 9.57. The molecule has 4 rings (SSSR count). The predicted molar refractivity (Wildman–Crippen MR) is 99.5 cm³/mol. The summed E-state index contributed by atoms with van der Waals surface area (Å²) in [7, 11) is 0. The van der Waals surface area contributed by atoms with E-state index in [1.54, 1.807) is 11.3 Å². The smallest absolute Gasteiger partial charge is 0.149 e. The van der Waals surface area contributed by atoms with E-state index in [4.69, 9.17) is 10.1 Å². The molecule has 4 nitrogen and oxygen atoms in total. The van der Waals surface area contributed by atoms with Gasteiger partial charge in [-0.25, -0.2) is 0 Å². The summed E-state index contributed by atoms with van der Waals surface area (Å²) in [6, 6.07) is 12.6. The van der Waals surface area contributed by atoms with E-state index < -0.39 is 0 Å². The predicted octanol–water partition coefficient (Wildman–Crippen LogP) is 3.38. The molecule has 2 aliphatic heterocycles. The molecule has 1 spiro atoms. The SMILES string of the molecule is N=Cc1cc2c(s1)CC(C=O)OC21CCN(Cc2ccccc2)CC1. The van der Waals surface area contributed by atoms with Gasteiger partial charge in [-0.2, -0.15) is 0 Å². The molecule has 0 saturated carbocycles. The lowest BCUT2D eigenvalue weighted by Gasteiger charge is -2.45. The van der Waals surface area contributed by atoms with Crippen LogP contribution in [0.4, 0.5) is 0 Å². The number of carbonyl (C=O) groups is 1. The number of nitrogens with one attached hydrogen (secondary N) is 1.